The van der Waals surface area contributed by atoms with Crippen molar-refractivity contribution in [1.82, 2.24) is 15.5 Å². The van der Waals surface area contributed by atoms with Crippen LogP contribution < -0.4 is 15.4 Å². The second-order valence-electron chi connectivity index (χ2n) is 9.99. The average molecular weight is 462 g/mol. The number of amides is 3. The number of carbonyl (C=O) groups excluding carboxylic acids is 3. The number of benzene rings is 1. The summed E-state index contributed by atoms with van der Waals surface area (Å²) in [5.41, 5.74) is 0.369. The van der Waals surface area contributed by atoms with E-state index in [0.29, 0.717) is 38.9 Å². The van der Waals surface area contributed by atoms with Gasteiger partial charge in [0.25, 0.3) is 0 Å². The van der Waals surface area contributed by atoms with E-state index in [1.54, 1.807) is 32.8 Å². The third-order valence-electron chi connectivity index (χ3n) is 5.50. The summed E-state index contributed by atoms with van der Waals surface area (Å²) in [4.78, 5) is 39.7. The smallest absolute Gasteiger partial charge is 0.408 e. The van der Waals surface area contributed by atoms with Crippen molar-refractivity contribution in [1.29, 1.82) is 0 Å². The molecule has 1 saturated heterocycles. The first-order chi connectivity index (χ1) is 15.5. The van der Waals surface area contributed by atoms with Gasteiger partial charge in [0.05, 0.1) is 7.11 Å². The van der Waals surface area contributed by atoms with Gasteiger partial charge >= 0.3 is 6.09 Å². The van der Waals surface area contributed by atoms with Crippen molar-refractivity contribution in [3.63, 3.8) is 0 Å². The molecule has 0 unspecified atom stereocenters. The maximum absolute atomic E-state index is 13.1. The number of carbonyl (C=O) groups is 3. The molecule has 0 bridgehead atoms. The van der Waals surface area contributed by atoms with Gasteiger partial charge in [-0.05, 0) is 63.6 Å². The molecule has 2 rings (SSSR count). The molecule has 0 radical (unpaired) electrons. The first-order valence-corrected chi connectivity index (χ1v) is 11.7. The molecule has 3 amide bonds. The Bertz CT molecular complexity index is 793. The van der Waals surface area contributed by atoms with Crippen LogP contribution in [0.5, 0.6) is 5.75 Å². The van der Waals surface area contributed by atoms with Crippen molar-refractivity contribution in [2.45, 2.75) is 72.1 Å². The van der Waals surface area contributed by atoms with Gasteiger partial charge in [0.15, 0.2) is 0 Å². The highest BCUT2D eigenvalue weighted by atomic mass is 16.6. The fourth-order valence-electron chi connectivity index (χ4n) is 3.80. The summed E-state index contributed by atoms with van der Waals surface area (Å²) in [5, 5.41) is 5.73. The van der Waals surface area contributed by atoms with Crippen molar-refractivity contribution >= 4 is 17.9 Å². The SMILES string of the molecule is COc1ccc(CNC(=O)C2CCN(C(=O)[C@@H](CC(C)C)NC(=O)OC(C)(C)C)CC2)cc1. The lowest BCUT2D eigenvalue weighted by Gasteiger charge is -2.34. The molecular formula is C25H39N3O5. The van der Waals surface area contributed by atoms with Gasteiger partial charge < -0.3 is 25.0 Å². The number of hydrogen-bond donors (Lipinski definition) is 2. The average Bonchev–Trinajstić information content (AvgIpc) is 2.75. The maximum Gasteiger partial charge on any atom is 0.408 e. The van der Waals surface area contributed by atoms with Gasteiger partial charge in [-0.15, -0.1) is 0 Å². The van der Waals surface area contributed by atoms with E-state index >= 15 is 0 Å². The maximum atomic E-state index is 13.1. The predicted octanol–water partition coefficient (Wildman–Crippen LogP) is 3.49. The molecule has 1 aromatic carbocycles. The standard InChI is InChI=1S/C25H39N3O5/c1-17(2)15-21(27-24(31)33-25(3,4)5)23(30)28-13-11-19(12-14-28)22(29)26-16-18-7-9-20(32-6)10-8-18/h7-10,17,19,21H,11-16H2,1-6H3,(H,26,29)(H,27,31)/t21-/m1/s1. The summed E-state index contributed by atoms with van der Waals surface area (Å²) in [6.07, 6.45) is 1.14. The molecule has 1 fully saturated rings. The highest BCUT2D eigenvalue weighted by Gasteiger charge is 2.32. The Balaban J connectivity index is 1.86. The van der Waals surface area contributed by atoms with E-state index in [2.05, 4.69) is 10.6 Å². The fraction of sp³-hybridized carbons (Fsp3) is 0.640. The molecule has 2 N–H and O–H groups in total. The van der Waals surface area contributed by atoms with Gasteiger partial charge in [0.2, 0.25) is 11.8 Å². The zero-order valence-corrected chi connectivity index (χ0v) is 20.8. The minimum atomic E-state index is -0.639. The van der Waals surface area contributed by atoms with Crippen LogP contribution in [-0.2, 0) is 20.9 Å². The largest absolute Gasteiger partial charge is 0.497 e. The molecule has 0 spiro atoms. The van der Waals surface area contributed by atoms with Gasteiger partial charge in [-0.3, -0.25) is 9.59 Å². The van der Waals surface area contributed by atoms with Gasteiger partial charge in [-0.1, -0.05) is 26.0 Å². The Labute approximate surface area is 197 Å². The van der Waals surface area contributed by atoms with E-state index < -0.39 is 17.7 Å². The molecule has 0 aliphatic carbocycles. The number of ether oxygens (including phenoxy) is 2. The summed E-state index contributed by atoms with van der Waals surface area (Å²) in [6.45, 7) is 10.8. The number of nitrogens with zero attached hydrogens (tertiary/aromatic N) is 1. The first-order valence-electron chi connectivity index (χ1n) is 11.7. The Morgan fingerprint density at radius 3 is 2.21 bits per heavy atom. The van der Waals surface area contributed by atoms with E-state index in [0.717, 1.165) is 11.3 Å². The van der Waals surface area contributed by atoms with Crippen LogP contribution in [0.15, 0.2) is 24.3 Å². The van der Waals surface area contributed by atoms with Gasteiger partial charge in [-0.25, -0.2) is 4.79 Å². The lowest BCUT2D eigenvalue weighted by molar-refractivity contribution is -0.137. The lowest BCUT2D eigenvalue weighted by atomic mass is 9.94. The Hall–Kier alpha value is -2.77. The van der Waals surface area contributed by atoms with E-state index in [9.17, 15) is 14.4 Å². The number of likely N-dealkylation sites (tertiary alicyclic amines) is 1. The third-order valence-corrected chi connectivity index (χ3v) is 5.50. The van der Waals surface area contributed by atoms with Gasteiger partial charge in [-0.2, -0.15) is 0 Å². The van der Waals surface area contributed by atoms with Crippen LogP contribution >= 0.6 is 0 Å². The van der Waals surface area contributed by atoms with Gasteiger partial charge in [0.1, 0.15) is 17.4 Å². The lowest BCUT2D eigenvalue weighted by Crippen LogP contribution is -2.52. The minimum Gasteiger partial charge on any atom is -0.497 e. The minimum absolute atomic E-state index is 0.00327. The predicted molar refractivity (Wildman–Crippen MR) is 127 cm³/mol. The van der Waals surface area contributed by atoms with E-state index in [1.165, 1.54) is 0 Å². The Morgan fingerprint density at radius 2 is 1.70 bits per heavy atom. The molecule has 1 heterocycles. The van der Waals surface area contributed by atoms with Gasteiger partial charge in [0, 0.05) is 25.6 Å². The van der Waals surface area contributed by atoms with E-state index in [1.807, 2.05) is 38.1 Å². The monoisotopic (exact) mass is 461 g/mol. The van der Waals surface area contributed by atoms with Crippen molar-refractivity contribution in [3.8, 4) is 5.75 Å². The molecule has 1 aliphatic rings. The zero-order chi connectivity index (χ0) is 24.6. The second-order valence-corrected chi connectivity index (χ2v) is 9.99. The fourth-order valence-corrected chi connectivity index (χ4v) is 3.80. The van der Waals surface area contributed by atoms with Crippen LogP contribution in [-0.4, -0.2) is 54.6 Å². The van der Waals surface area contributed by atoms with E-state index in [-0.39, 0.29) is 23.7 Å². The topological polar surface area (TPSA) is 97.0 Å². The summed E-state index contributed by atoms with van der Waals surface area (Å²) in [7, 11) is 1.62. The molecule has 8 nitrogen and oxygen atoms in total. The number of alkyl carbamates (subject to hydrolysis) is 1. The highest BCUT2D eigenvalue weighted by Crippen LogP contribution is 2.20. The van der Waals surface area contributed by atoms with Crippen LogP contribution in [0.25, 0.3) is 0 Å². The summed E-state index contributed by atoms with van der Waals surface area (Å²) in [5.74, 6) is 0.763. The number of hydrogen-bond acceptors (Lipinski definition) is 5. The van der Waals surface area contributed by atoms with Crippen LogP contribution in [0.2, 0.25) is 0 Å². The first kappa shape index (κ1) is 26.5. The second kappa shape index (κ2) is 11.9. The number of rotatable bonds is 8. The Morgan fingerprint density at radius 1 is 1.09 bits per heavy atom. The van der Waals surface area contributed by atoms with Crippen molar-refractivity contribution < 1.29 is 23.9 Å². The summed E-state index contributed by atoms with van der Waals surface area (Å²) in [6, 6.07) is 6.94. The molecule has 33 heavy (non-hydrogen) atoms. The molecule has 184 valence electrons. The van der Waals surface area contributed by atoms with Crippen LogP contribution in [0.1, 0.15) is 59.4 Å². The van der Waals surface area contributed by atoms with Crippen molar-refractivity contribution in [2.75, 3.05) is 20.2 Å². The quantitative estimate of drug-likeness (QED) is 0.618. The van der Waals surface area contributed by atoms with Crippen LogP contribution in [0, 0.1) is 11.8 Å². The molecule has 1 aliphatic heterocycles. The number of nitrogens with one attached hydrogen (secondary N) is 2. The van der Waals surface area contributed by atoms with E-state index in [4.69, 9.17) is 9.47 Å². The molecule has 8 heteroatoms. The van der Waals surface area contributed by atoms with Crippen LogP contribution in [0.3, 0.4) is 0 Å². The highest BCUT2D eigenvalue weighted by molar-refractivity contribution is 5.86. The summed E-state index contributed by atoms with van der Waals surface area (Å²) >= 11 is 0. The Kier molecular flexibility index (Phi) is 9.56. The summed E-state index contributed by atoms with van der Waals surface area (Å²) < 4.78 is 10.5. The molecule has 1 atom stereocenters. The van der Waals surface area contributed by atoms with Crippen molar-refractivity contribution in [3.05, 3.63) is 29.8 Å². The van der Waals surface area contributed by atoms with Crippen LogP contribution in [0.4, 0.5) is 4.79 Å². The molecule has 0 aromatic heterocycles. The number of piperidine rings is 1. The normalized spacial score (nSPS) is 15.7. The third kappa shape index (κ3) is 8.94. The molecular weight excluding hydrogens is 422 g/mol. The number of methoxy groups -OCH3 is 1. The zero-order valence-electron chi connectivity index (χ0n) is 20.8. The molecule has 1 aromatic rings. The molecule has 0 saturated carbocycles. The van der Waals surface area contributed by atoms with Crippen molar-refractivity contribution in [2.24, 2.45) is 11.8 Å².